The molecule has 1 unspecified atom stereocenters. The predicted molar refractivity (Wildman–Crippen MR) is 56.7 cm³/mol. The van der Waals surface area contributed by atoms with Crippen molar-refractivity contribution in [3.05, 3.63) is 0 Å². The third-order valence-electron chi connectivity index (χ3n) is 1.69. The van der Waals surface area contributed by atoms with E-state index in [1.807, 2.05) is 0 Å². The van der Waals surface area contributed by atoms with E-state index in [4.69, 9.17) is 28.2 Å². The van der Waals surface area contributed by atoms with Crippen LogP contribution in [0.5, 0.6) is 0 Å². The number of hydrogen-bond acceptors (Lipinski definition) is 3. The lowest BCUT2D eigenvalue weighted by Gasteiger charge is -2.04. The van der Waals surface area contributed by atoms with Crippen molar-refractivity contribution in [1.82, 2.24) is 0 Å². The summed E-state index contributed by atoms with van der Waals surface area (Å²) in [5, 5.41) is 8.47. The highest BCUT2D eigenvalue weighted by atomic mass is 35.5. The molecule has 6 heteroatoms. The molecule has 0 spiro atoms. The van der Waals surface area contributed by atoms with Gasteiger partial charge in [0.15, 0.2) is 0 Å². The van der Waals surface area contributed by atoms with E-state index in [9.17, 15) is 4.79 Å². The first-order valence-corrected chi connectivity index (χ1v) is 4.94. The number of aliphatic imine (C=N–C) groups is 1. The van der Waals surface area contributed by atoms with E-state index in [1.54, 1.807) is 0 Å². The van der Waals surface area contributed by atoms with E-state index in [0.29, 0.717) is 18.8 Å². The molecule has 0 saturated carbocycles. The highest BCUT2D eigenvalue weighted by Gasteiger charge is 2.09. The first kappa shape index (κ1) is 13.2. The van der Waals surface area contributed by atoms with Gasteiger partial charge in [-0.15, -0.1) is 11.6 Å². The van der Waals surface area contributed by atoms with Crippen molar-refractivity contribution >= 4 is 23.4 Å². The zero-order valence-electron chi connectivity index (χ0n) is 7.95. The molecular formula is C8H16ClN3O2. The molecule has 0 aromatic rings. The van der Waals surface area contributed by atoms with E-state index >= 15 is 0 Å². The van der Waals surface area contributed by atoms with Crippen LogP contribution in [0.4, 0.5) is 0 Å². The Bertz CT molecular complexity index is 209. The van der Waals surface area contributed by atoms with E-state index in [1.165, 1.54) is 0 Å². The molecule has 0 bridgehead atoms. The molecule has 1 atom stereocenters. The van der Waals surface area contributed by atoms with Crippen LogP contribution in [0.25, 0.3) is 0 Å². The molecule has 0 aromatic heterocycles. The van der Waals surface area contributed by atoms with Crippen LogP contribution in [-0.4, -0.2) is 35.4 Å². The van der Waals surface area contributed by atoms with Crippen molar-refractivity contribution in [3.63, 3.8) is 0 Å². The normalized spacial score (nSPS) is 14.0. The number of unbranched alkanes of at least 4 members (excludes halogenated alkanes) is 1. The van der Waals surface area contributed by atoms with Gasteiger partial charge in [-0.1, -0.05) is 0 Å². The summed E-state index contributed by atoms with van der Waals surface area (Å²) in [4.78, 5) is 14.3. The van der Waals surface area contributed by atoms with Crippen LogP contribution >= 0.6 is 11.6 Å². The number of nitrogens with two attached hydrogens (primary N) is 2. The summed E-state index contributed by atoms with van der Waals surface area (Å²) in [5.41, 5.74) is 10.7. The lowest BCUT2D eigenvalue weighted by Crippen LogP contribution is -2.29. The van der Waals surface area contributed by atoms with Gasteiger partial charge in [0, 0.05) is 6.54 Å². The number of rotatable bonds is 7. The minimum absolute atomic E-state index is 0.231. The van der Waals surface area contributed by atoms with Crippen molar-refractivity contribution in [3.8, 4) is 0 Å². The summed E-state index contributed by atoms with van der Waals surface area (Å²) in [6.07, 6.45) is 1.97. The minimum Gasteiger partial charge on any atom is -0.480 e. The Morgan fingerprint density at radius 3 is 2.64 bits per heavy atom. The van der Waals surface area contributed by atoms with Crippen LogP contribution in [0.15, 0.2) is 4.99 Å². The molecular weight excluding hydrogens is 206 g/mol. The Balaban J connectivity index is 3.43. The molecule has 0 radical (unpaired) electrons. The van der Waals surface area contributed by atoms with Gasteiger partial charge in [0.05, 0.1) is 5.88 Å². The average Bonchev–Trinajstić information content (AvgIpc) is 2.16. The summed E-state index contributed by atoms with van der Waals surface area (Å²) in [5.74, 6) is -0.322. The van der Waals surface area contributed by atoms with Gasteiger partial charge < -0.3 is 16.6 Å². The summed E-state index contributed by atoms with van der Waals surface area (Å²) in [6.45, 7) is 0.574. The predicted octanol–water partition coefficient (Wildman–Crippen LogP) is 0.165. The number of carboxylic acid groups (broad SMARTS) is 1. The molecule has 5 N–H and O–H groups in total. The summed E-state index contributed by atoms with van der Waals surface area (Å²) < 4.78 is 0. The lowest BCUT2D eigenvalue weighted by atomic mass is 10.1. The topological polar surface area (TPSA) is 102 Å². The molecule has 0 heterocycles. The van der Waals surface area contributed by atoms with Crippen LogP contribution in [0, 0.1) is 0 Å². The van der Waals surface area contributed by atoms with Gasteiger partial charge in [-0.2, -0.15) is 0 Å². The largest absolute Gasteiger partial charge is 0.480 e. The van der Waals surface area contributed by atoms with Gasteiger partial charge in [-0.3, -0.25) is 9.79 Å². The SMILES string of the molecule is NC(CCl)=NCCCCC(N)C(=O)O. The van der Waals surface area contributed by atoms with Crippen molar-refractivity contribution in [1.29, 1.82) is 0 Å². The second kappa shape index (κ2) is 7.58. The molecule has 0 aliphatic rings. The number of alkyl halides is 1. The molecule has 0 rings (SSSR count). The Morgan fingerprint density at radius 1 is 1.50 bits per heavy atom. The summed E-state index contributed by atoms with van der Waals surface area (Å²) >= 11 is 5.40. The fourth-order valence-corrected chi connectivity index (χ4v) is 0.949. The Labute approximate surface area is 88.1 Å². The van der Waals surface area contributed by atoms with Crippen LogP contribution in [-0.2, 0) is 4.79 Å². The van der Waals surface area contributed by atoms with E-state index in [-0.39, 0.29) is 5.88 Å². The van der Waals surface area contributed by atoms with Crippen LogP contribution < -0.4 is 11.5 Å². The number of carboxylic acids is 1. The third-order valence-corrected chi connectivity index (χ3v) is 1.97. The Hall–Kier alpha value is -0.810. The highest BCUT2D eigenvalue weighted by Crippen LogP contribution is 1.99. The maximum absolute atomic E-state index is 10.3. The first-order chi connectivity index (χ1) is 6.57. The smallest absolute Gasteiger partial charge is 0.320 e. The van der Waals surface area contributed by atoms with Crippen molar-refractivity contribution in [2.45, 2.75) is 25.3 Å². The molecule has 0 saturated heterocycles. The second-order valence-corrected chi connectivity index (χ2v) is 3.21. The van der Waals surface area contributed by atoms with Gasteiger partial charge in [-0.25, -0.2) is 0 Å². The number of hydrogen-bond donors (Lipinski definition) is 3. The molecule has 82 valence electrons. The number of aliphatic carboxylic acids is 1. The van der Waals surface area contributed by atoms with Gasteiger partial charge in [0.1, 0.15) is 11.9 Å². The number of carbonyl (C=O) groups is 1. The van der Waals surface area contributed by atoms with Crippen LogP contribution in [0.3, 0.4) is 0 Å². The van der Waals surface area contributed by atoms with Crippen molar-refractivity contribution in [2.24, 2.45) is 16.5 Å². The summed E-state index contributed by atoms with van der Waals surface area (Å²) in [6, 6.07) is -0.774. The molecule has 0 fully saturated rings. The molecule has 14 heavy (non-hydrogen) atoms. The van der Waals surface area contributed by atoms with Gasteiger partial charge in [0.2, 0.25) is 0 Å². The first-order valence-electron chi connectivity index (χ1n) is 4.41. The molecule has 0 aromatic carbocycles. The lowest BCUT2D eigenvalue weighted by molar-refractivity contribution is -0.138. The van der Waals surface area contributed by atoms with Crippen LogP contribution in [0.1, 0.15) is 19.3 Å². The van der Waals surface area contributed by atoms with Crippen molar-refractivity contribution < 1.29 is 9.90 Å². The van der Waals surface area contributed by atoms with Gasteiger partial charge in [-0.05, 0) is 19.3 Å². The highest BCUT2D eigenvalue weighted by molar-refractivity contribution is 6.27. The van der Waals surface area contributed by atoms with Gasteiger partial charge >= 0.3 is 5.97 Å². The fraction of sp³-hybridized carbons (Fsp3) is 0.750. The van der Waals surface area contributed by atoms with Gasteiger partial charge in [0.25, 0.3) is 0 Å². The standard InChI is InChI=1S/C8H16ClN3O2/c9-5-7(11)12-4-2-1-3-6(10)8(13)14/h6H,1-5,10H2,(H2,11,12)(H,13,14). The zero-order chi connectivity index (χ0) is 11.0. The third kappa shape index (κ3) is 6.68. The Morgan fingerprint density at radius 2 is 2.14 bits per heavy atom. The number of amidine groups is 1. The Kier molecular flexibility index (Phi) is 7.14. The fourth-order valence-electron chi connectivity index (χ4n) is 0.864. The minimum atomic E-state index is -0.964. The molecule has 0 aliphatic carbocycles. The quantitative estimate of drug-likeness (QED) is 0.247. The molecule has 5 nitrogen and oxygen atoms in total. The summed E-state index contributed by atoms with van der Waals surface area (Å²) in [7, 11) is 0. The molecule has 0 amide bonds. The molecule has 0 aliphatic heterocycles. The zero-order valence-corrected chi connectivity index (χ0v) is 8.70. The van der Waals surface area contributed by atoms with E-state index in [2.05, 4.69) is 4.99 Å². The van der Waals surface area contributed by atoms with Crippen molar-refractivity contribution in [2.75, 3.05) is 12.4 Å². The number of halogens is 1. The van der Waals surface area contributed by atoms with Crippen LogP contribution in [0.2, 0.25) is 0 Å². The maximum Gasteiger partial charge on any atom is 0.320 e. The van der Waals surface area contributed by atoms with E-state index in [0.717, 1.165) is 12.8 Å². The maximum atomic E-state index is 10.3. The number of nitrogens with zero attached hydrogens (tertiary/aromatic N) is 1. The monoisotopic (exact) mass is 221 g/mol. The van der Waals surface area contributed by atoms with E-state index < -0.39 is 12.0 Å². The average molecular weight is 222 g/mol. The second-order valence-electron chi connectivity index (χ2n) is 2.95.